The number of ether oxygens (including phenoxy) is 3. The summed E-state index contributed by atoms with van der Waals surface area (Å²) in [6, 6.07) is 14.8. The molecule has 1 fully saturated rings. The second-order valence-corrected chi connectivity index (χ2v) is 8.51. The van der Waals surface area contributed by atoms with E-state index >= 15 is 0 Å². The smallest absolute Gasteiger partial charge is 0.191 e. The van der Waals surface area contributed by atoms with E-state index in [1.165, 1.54) is 11.1 Å². The molecule has 2 atom stereocenters. The van der Waals surface area contributed by atoms with Gasteiger partial charge in [0.15, 0.2) is 17.5 Å². The van der Waals surface area contributed by atoms with E-state index in [1.807, 2.05) is 12.1 Å². The van der Waals surface area contributed by atoms with Crippen LogP contribution < -0.4 is 20.1 Å². The van der Waals surface area contributed by atoms with E-state index in [0.717, 1.165) is 62.0 Å². The van der Waals surface area contributed by atoms with E-state index in [2.05, 4.69) is 54.8 Å². The SMILES string of the molecule is CCNC(=NCc1ccc2c(c1)OCCCO2)NCC1CCCOC1c1ccc(C)cc1.I. The molecule has 1 saturated heterocycles. The molecule has 0 aromatic heterocycles. The number of aryl methyl sites for hydroxylation is 1. The molecule has 2 N–H and O–H groups in total. The van der Waals surface area contributed by atoms with E-state index in [-0.39, 0.29) is 30.1 Å². The van der Waals surface area contributed by atoms with Gasteiger partial charge >= 0.3 is 0 Å². The van der Waals surface area contributed by atoms with Gasteiger partial charge in [-0.3, -0.25) is 0 Å². The van der Waals surface area contributed by atoms with Crippen molar-refractivity contribution in [1.29, 1.82) is 0 Å². The third-order valence-corrected chi connectivity index (χ3v) is 5.96. The van der Waals surface area contributed by atoms with Gasteiger partial charge in [-0.15, -0.1) is 24.0 Å². The molecule has 2 aliphatic rings. The molecule has 7 heteroatoms. The van der Waals surface area contributed by atoms with Crippen molar-refractivity contribution < 1.29 is 14.2 Å². The summed E-state index contributed by atoms with van der Waals surface area (Å²) in [5.74, 6) is 2.87. The minimum Gasteiger partial charge on any atom is -0.490 e. The van der Waals surface area contributed by atoms with Gasteiger partial charge in [-0.2, -0.15) is 0 Å². The van der Waals surface area contributed by atoms with E-state index in [4.69, 9.17) is 19.2 Å². The summed E-state index contributed by atoms with van der Waals surface area (Å²) in [6.07, 6.45) is 3.28. The molecule has 2 aromatic rings. The summed E-state index contributed by atoms with van der Waals surface area (Å²) in [6.45, 7) is 8.64. The van der Waals surface area contributed by atoms with Gasteiger partial charge in [-0.25, -0.2) is 4.99 Å². The Morgan fingerprint density at radius 2 is 1.76 bits per heavy atom. The van der Waals surface area contributed by atoms with Crippen LogP contribution in [0.3, 0.4) is 0 Å². The first-order valence-corrected chi connectivity index (χ1v) is 11.8. The van der Waals surface area contributed by atoms with Crippen LogP contribution in [0, 0.1) is 12.8 Å². The van der Waals surface area contributed by atoms with Crippen molar-refractivity contribution in [3.05, 3.63) is 59.2 Å². The Bertz CT molecular complexity index is 904. The maximum atomic E-state index is 6.18. The molecule has 0 saturated carbocycles. The summed E-state index contributed by atoms with van der Waals surface area (Å²) in [5.41, 5.74) is 3.64. The number of nitrogens with zero attached hydrogens (tertiary/aromatic N) is 1. The molecule has 33 heavy (non-hydrogen) atoms. The molecule has 0 amide bonds. The highest BCUT2D eigenvalue weighted by Crippen LogP contribution is 2.33. The van der Waals surface area contributed by atoms with E-state index in [1.54, 1.807) is 0 Å². The van der Waals surface area contributed by atoms with Crippen molar-refractivity contribution in [2.45, 2.75) is 45.8 Å². The molecule has 2 aromatic carbocycles. The third-order valence-electron chi connectivity index (χ3n) is 5.96. The topological polar surface area (TPSA) is 64.1 Å². The van der Waals surface area contributed by atoms with Crippen LogP contribution in [-0.4, -0.2) is 38.9 Å². The second kappa shape index (κ2) is 13.0. The van der Waals surface area contributed by atoms with Crippen molar-refractivity contribution >= 4 is 29.9 Å². The predicted octanol–water partition coefficient (Wildman–Crippen LogP) is 5.00. The summed E-state index contributed by atoms with van der Waals surface area (Å²) < 4.78 is 17.7. The largest absolute Gasteiger partial charge is 0.490 e. The standard InChI is InChI=1S/C26H35N3O3.HI/c1-3-27-26(28-17-20-9-12-23-24(16-20)31-15-5-14-30-23)29-18-22-6-4-13-32-25(22)21-10-7-19(2)8-11-21;/h7-12,16,22,25H,3-6,13-15,17-18H2,1-2H3,(H2,27,28,29);1H. The van der Waals surface area contributed by atoms with Gasteiger partial charge in [0, 0.05) is 32.0 Å². The Morgan fingerprint density at radius 3 is 2.55 bits per heavy atom. The van der Waals surface area contributed by atoms with Crippen molar-refractivity contribution in [3.8, 4) is 11.5 Å². The molecule has 0 bridgehead atoms. The molecular formula is C26H36IN3O3. The first kappa shape index (κ1) is 25.6. The normalized spacial score (nSPS) is 20.4. The molecule has 180 valence electrons. The number of aliphatic imine (C=N–C) groups is 1. The molecule has 2 unspecified atom stereocenters. The molecular weight excluding hydrogens is 529 g/mol. The molecule has 0 spiro atoms. The average molecular weight is 565 g/mol. The Morgan fingerprint density at radius 1 is 0.970 bits per heavy atom. The fourth-order valence-electron chi connectivity index (χ4n) is 4.22. The lowest BCUT2D eigenvalue weighted by atomic mass is 9.89. The van der Waals surface area contributed by atoms with Crippen LogP contribution in [0.4, 0.5) is 0 Å². The Hall–Kier alpha value is -2.00. The highest BCUT2D eigenvalue weighted by atomic mass is 127. The van der Waals surface area contributed by atoms with E-state index in [0.29, 0.717) is 25.7 Å². The van der Waals surface area contributed by atoms with Gasteiger partial charge in [-0.1, -0.05) is 35.9 Å². The lowest BCUT2D eigenvalue weighted by Gasteiger charge is -2.32. The van der Waals surface area contributed by atoms with Crippen LogP contribution in [0.15, 0.2) is 47.5 Å². The summed E-state index contributed by atoms with van der Waals surface area (Å²) in [5, 5.41) is 6.92. The van der Waals surface area contributed by atoms with Gasteiger partial charge in [-0.05, 0) is 49.9 Å². The van der Waals surface area contributed by atoms with Gasteiger partial charge in [0.2, 0.25) is 0 Å². The minimum atomic E-state index is 0. The monoisotopic (exact) mass is 565 g/mol. The zero-order valence-electron chi connectivity index (χ0n) is 19.6. The van der Waals surface area contributed by atoms with Crippen molar-refractivity contribution in [3.63, 3.8) is 0 Å². The number of hydrogen-bond donors (Lipinski definition) is 2. The molecule has 6 nitrogen and oxygen atoms in total. The lowest BCUT2D eigenvalue weighted by Crippen LogP contribution is -2.42. The lowest BCUT2D eigenvalue weighted by molar-refractivity contribution is -0.0265. The quantitative estimate of drug-likeness (QED) is 0.294. The maximum absolute atomic E-state index is 6.18. The molecule has 0 radical (unpaired) electrons. The number of nitrogens with one attached hydrogen (secondary N) is 2. The van der Waals surface area contributed by atoms with Crippen LogP contribution in [0.5, 0.6) is 11.5 Å². The fourth-order valence-corrected chi connectivity index (χ4v) is 4.22. The summed E-state index contributed by atoms with van der Waals surface area (Å²) in [7, 11) is 0. The number of benzene rings is 2. The van der Waals surface area contributed by atoms with Crippen LogP contribution in [0.25, 0.3) is 0 Å². The van der Waals surface area contributed by atoms with Gasteiger partial charge < -0.3 is 24.8 Å². The van der Waals surface area contributed by atoms with Crippen LogP contribution in [0.2, 0.25) is 0 Å². The number of fused-ring (bicyclic) bond motifs is 1. The second-order valence-electron chi connectivity index (χ2n) is 8.51. The predicted molar refractivity (Wildman–Crippen MR) is 143 cm³/mol. The highest BCUT2D eigenvalue weighted by molar-refractivity contribution is 14.0. The van der Waals surface area contributed by atoms with Crippen LogP contribution in [0.1, 0.15) is 49.0 Å². The highest BCUT2D eigenvalue weighted by Gasteiger charge is 2.27. The first-order chi connectivity index (χ1) is 15.7. The van der Waals surface area contributed by atoms with Crippen molar-refractivity contribution in [2.24, 2.45) is 10.9 Å². The molecule has 2 heterocycles. The van der Waals surface area contributed by atoms with Crippen LogP contribution in [-0.2, 0) is 11.3 Å². The molecule has 4 rings (SSSR count). The molecule has 2 aliphatic heterocycles. The number of rotatable bonds is 6. The van der Waals surface area contributed by atoms with E-state index < -0.39 is 0 Å². The minimum absolute atomic E-state index is 0. The van der Waals surface area contributed by atoms with Crippen molar-refractivity contribution in [2.75, 3.05) is 32.9 Å². The summed E-state index contributed by atoms with van der Waals surface area (Å²) in [4.78, 5) is 4.81. The number of halogens is 1. The fraction of sp³-hybridized carbons (Fsp3) is 0.500. The van der Waals surface area contributed by atoms with Crippen molar-refractivity contribution in [1.82, 2.24) is 10.6 Å². The number of guanidine groups is 1. The van der Waals surface area contributed by atoms with Gasteiger partial charge in [0.05, 0.1) is 25.9 Å². The Labute approximate surface area is 214 Å². The zero-order chi connectivity index (χ0) is 22.2. The van der Waals surface area contributed by atoms with E-state index in [9.17, 15) is 0 Å². The van der Waals surface area contributed by atoms with Gasteiger partial charge in [0.25, 0.3) is 0 Å². The Balaban J connectivity index is 0.00000306. The maximum Gasteiger partial charge on any atom is 0.191 e. The first-order valence-electron chi connectivity index (χ1n) is 11.8. The third kappa shape index (κ3) is 7.24. The summed E-state index contributed by atoms with van der Waals surface area (Å²) >= 11 is 0. The molecule has 0 aliphatic carbocycles. The van der Waals surface area contributed by atoms with Crippen LogP contribution >= 0.6 is 24.0 Å². The zero-order valence-corrected chi connectivity index (χ0v) is 22.0. The Kier molecular flexibility index (Phi) is 10.1. The number of hydrogen-bond acceptors (Lipinski definition) is 4. The van der Waals surface area contributed by atoms with Gasteiger partial charge in [0.1, 0.15) is 0 Å². The average Bonchev–Trinajstić information content (AvgIpc) is 3.07.